The van der Waals surface area contributed by atoms with Crippen molar-refractivity contribution in [2.24, 2.45) is 0 Å². The standard InChI is InChI=1S/C21H24F2N2O/c1-15-21-11-10-20(26-19-8-4-17(23)5-9-19)14-24(21)12-13-25(15)18-6-2-16(22)3-7-18/h2-9,15,20-21H,10-14H2,1H3. The maximum Gasteiger partial charge on any atom is 0.123 e. The maximum atomic E-state index is 13.2. The summed E-state index contributed by atoms with van der Waals surface area (Å²) in [6.07, 6.45) is 2.19. The van der Waals surface area contributed by atoms with E-state index < -0.39 is 0 Å². The highest BCUT2D eigenvalue weighted by atomic mass is 19.1. The van der Waals surface area contributed by atoms with Crippen molar-refractivity contribution < 1.29 is 13.5 Å². The first-order valence-corrected chi connectivity index (χ1v) is 9.28. The number of fused-ring (bicyclic) bond motifs is 1. The summed E-state index contributed by atoms with van der Waals surface area (Å²) >= 11 is 0. The van der Waals surface area contributed by atoms with Gasteiger partial charge in [0, 0.05) is 37.4 Å². The molecule has 0 bridgehead atoms. The van der Waals surface area contributed by atoms with E-state index in [1.807, 2.05) is 12.1 Å². The lowest BCUT2D eigenvalue weighted by Gasteiger charge is -2.51. The third kappa shape index (κ3) is 3.54. The van der Waals surface area contributed by atoms with Crippen molar-refractivity contribution in [3.05, 3.63) is 60.2 Å². The van der Waals surface area contributed by atoms with E-state index in [4.69, 9.17) is 4.74 Å². The summed E-state index contributed by atoms with van der Waals surface area (Å²) in [7, 11) is 0. The van der Waals surface area contributed by atoms with Gasteiger partial charge in [0.25, 0.3) is 0 Å². The molecule has 2 aromatic rings. The minimum absolute atomic E-state index is 0.140. The van der Waals surface area contributed by atoms with Gasteiger partial charge in [-0.3, -0.25) is 4.90 Å². The van der Waals surface area contributed by atoms with Crippen LogP contribution in [0.25, 0.3) is 0 Å². The number of halogens is 2. The topological polar surface area (TPSA) is 15.7 Å². The number of piperazine rings is 1. The molecule has 3 unspecified atom stereocenters. The van der Waals surface area contributed by atoms with E-state index in [0.717, 1.165) is 43.9 Å². The first-order chi connectivity index (χ1) is 12.6. The van der Waals surface area contributed by atoms with E-state index in [1.54, 1.807) is 12.1 Å². The lowest BCUT2D eigenvalue weighted by molar-refractivity contribution is 0.0290. The van der Waals surface area contributed by atoms with Gasteiger partial charge in [-0.05, 0) is 68.3 Å². The van der Waals surface area contributed by atoms with Crippen LogP contribution in [0.2, 0.25) is 0 Å². The van der Waals surface area contributed by atoms with Crippen molar-refractivity contribution in [3.63, 3.8) is 0 Å². The van der Waals surface area contributed by atoms with Gasteiger partial charge in [-0.1, -0.05) is 0 Å². The second-order valence-corrected chi connectivity index (χ2v) is 7.24. The maximum absolute atomic E-state index is 13.2. The van der Waals surface area contributed by atoms with Crippen LogP contribution in [-0.4, -0.2) is 42.7 Å². The molecule has 2 aliphatic rings. The SMILES string of the molecule is CC1C2CCC(Oc3ccc(F)cc3)CN2CCN1c1ccc(F)cc1. The van der Waals surface area contributed by atoms with Gasteiger partial charge in [0.15, 0.2) is 0 Å². The third-order valence-corrected chi connectivity index (χ3v) is 5.64. The first kappa shape index (κ1) is 17.3. The van der Waals surface area contributed by atoms with Crippen LogP contribution < -0.4 is 9.64 Å². The molecule has 0 aliphatic carbocycles. The number of benzene rings is 2. The molecule has 26 heavy (non-hydrogen) atoms. The zero-order valence-corrected chi connectivity index (χ0v) is 14.9. The zero-order valence-electron chi connectivity index (χ0n) is 14.9. The van der Waals surface area contributed by atoms with Crippen LogP contribution in [0.3, 0.4) is 0 Å². The second kappa shape index (κ2) is 7.23. The molecule has 2 saturated heterocycles. The summed E-state index contributed by atoms with van der Waals surface area (Å²) in [5, 5.41) is 0. The lowest BCUT2D eigenvalue weighted by atomic mass is 9.91. The third-order valence-electron chi connectivity index (χ3n) is 5.64. The fraction of sp³-hybridized carbons (Fsp3) is 0.429. The van der Waals surface area contributed by atoms with Gasteiger partial charge in [-0.2, -0.15) is 0 Å². The van der Waals surface area contributed by atoms with E-state index in [-0.39, 0.29) is 17.7 Å². The quantitative estimate of drug-likeness (QED) is 0.822. The Morgan fingerprint density at radius 2 is 1.54 bits per heavy atom. The molecule has 2 fully saturated rings. The number of hydrogen-bond donors (Lipinski definition) is 0. The molecule has 3 nitrogen and oxygen atoms in total. The van der Waals surface area contributed by atoms with Crippen molar-refractivity contribution in [1.82, 2.24) is 4.90 Å². The van der Waals surface area contributed by atoms with E-state index >= 15 is 0 Å². The smallest absolute Gasteiger partial charge is 0.123 e. The van der Waals surface area contributed by atoms with Crippen molar-refractivity contribution in [2.75, 3.05) is 24.5 Å². The molecule has 3 atom stereocenters. The number of anilines is 1. The summed E-state index contributed by atoms with van der Waals surface area (Å²) in [5.41, 5.74) is 1.09. The monoisotopic (exact) mass is 358 g/mol. The molecule has 0 aromatic heterocycles. The van der Waals surface area contributed by atoms with Gasteiger partial charge < -0.3 is 9.64 Å². The Balaban J connectivity index is 1.40. The molecule has 2 aromatic carbocycles. The second-order valence-electron chi connectivity index (χ2n) is 7.24. The first-order valence-electron chi connectivity index (χ1n) is 9.28. The van der Waals surface area contributed by atoms with E-state index in [2.05, 4.69) is 16.7 Å². The Morgan fingerprint density at radius 1 is 0.885 bits per heavy atom. The number of piperidine rings is 1. The van der Waals surface area contributed by atoms with Gasteiger partial charge in [-0.25, -0.2) is 8.78 Å². The highest BCUT2D eigenvalue weighted by molar-refractivity contribution is 5.48. The van der Waals surface area contributed by atoms with E-state index in [1.165, 1.54) is 24.3 Å². The molecule has 5 heteroatoms. The van der Waals surface area contributed by atoms with Crippen LogP contribution in [0.4, 0.5) is 14.5 Å². The predicted molar refractivity (Wildman–Crippen MR) is 98.6 cm³/mol. The van der Waals surface area contributed by atoms with Gasteiger partial charge >= 0.3 is 0 Å². The molecule has 2 heterocycles. The Morgan fingerprint density at radius 3 is 2.23 bits per heavy atom. The van der Waals surface area contributed by atoms with Crippen LogP contribution in [0.15, 0.2) is 48.5 Å². The molecule has 138 valence electrons. The zero-order chi connectivity index (χ0) is 18.1. The summed E-state index contributed by atoms with van der Waals surface area (Å²) in [5.74, 6) is 0.290. The van der Waals surface area contributed by atoms with Crippen molar-refractivity contribution in [3.8, 4) is 5.75 Å². The molecule has 0 N–H and O–H groups in total. The summed E-state index contributed by atoms with van der Waals surface area (Å²) < 4.78 is 32.3. The van der Waals surface area contributed by atoms with Crippen molar-refractivity contribution in [2.45, 2.75) is 38.0 Å². The molecule has 4 rings (SSSR count). The fourth-order valence-corrected chi connectivity index (χ4v) is 4.28. The number of nitrogens with zero attached hydrogens (tertiary/aromatic N) is 2. The van der Waals surface area contributed by atoms with Crippen LogP contribution in [0.5, 0.6) is 5.75 Å². The van der Waals surface area contributed by atoms with Crippen LogP contribution in [-0.2, 0) is 0 Å². The van der Waals surface area contributed by atoms with Gasteiger partial charge in [-0.15, -0.1) is 0 Å². The minimum Gasteiger partial charge on any atom is -0.489 e. The minimum atomic E-state index is -0.244. The fourth-order valence-electron chi connectivity index (χ4n) is 4.28. The molecule has 0 spiro atoms. The van der Waals surface area contributed by atoms with Gasteiger partial charge in [0.1, 0.15) is 23.5 Å². The number of hydrogen-bond acceptors (Lipinski definition) is 3. The number of ether oxygens (including phenoxy) is 1. The van der Waals surface area contributed by atoms with Gasteiger partial charge in [0.2, 0.25) is 0 Å². The lowest BCUT2D eigenvalue weighted by Crippen LogP contribution is -2.62. The largest absolute Gasteiger partial charge is 0.489 e. The highest BCUT2D eigenvalue weighted by Crippen LogP contribution is 2.31. The molecular weight excluding hydrogens is 334 g/mol. The summed E-state index contributed by atoms with van der Waals surface area (Å²) in [6, 6.07) is 13.9. The van der Waals surface area contributed by atoms with Crippen LogP contribution in [0.1, 0.15) is 19.8 Å². The summed E-state index contributed by atoms with van der Waals surface area (Å²) in [6.45, 7) is 5.03. The number of rotatable bonds is 3. The predicted octanol–water partition coefficient (Wildman–Crippen LogP) is 4.09. The normalized spacial score (nSPS) is 26.4. The molecule has 2 aliphatic heterocycles. The van der Waals surface area contributed by atoms with Crippen molar-refractivity contribution in [1.29, 1.82) is 0 Å². The summed E-state index contributed by atoms with van der Waals surface area (Å²) in [4.78, 5) is 4.88. The average Bonchev–Trinajstić information content (AvgIpc) is 2.65. The molecular formula is C21H24F2N2O. The van der Waals surface area contributed by atoms with Gasteiger partial charge in [0.05, 0.1) is 0 Å². The Kier molecular flexibility index (Phi) is 4.81. The van der Waals surface area contributed by atoms with E-state index in [9.17, 15) is 8.78 Å². The molecule has 0 radical (unpaired) electrons. The van der Waals surface area contributed by atoms with E-state index in [0.29, 0.717) is 12.1 Å². The van der Waals surface area contributed by atoms with Crippen molar-refractivity contribution >= 4 is 5.69 Å². The Bertz CT molecular complexity index is 735. The average molecular weight is 358 g/mol. The highest BCUT2D eigenvalue weighted by Gasteiger charge is 2.38. The molecule has 0 amide bonds. The molecule has 0 saturated carbocycles. The Labute approximate surface area is 153 Å². The Hall–Kier alpha value is -2.14. The van der Waals surface area contributed by atoms with Crippen LogP contribution >= 0.6 is 0 Å². The van der Waals surface area contributed by atoms with Crippen LogP contribution in [0, 0.1) is 11.6 Å².